The molecule has 0 fully saturated rings. The molecule has 0 unspecified atom stereocenters. The quantitative estimate of drug-likeness (QED) is 0.570. The first kappa shape index (κ1) is 17.6. The molecule has 0 aliphatic rings. The summed E-state index contributed by atoms with van der Waals surface area (Å²) in [6, 6.07) is 15.7. The zero-order valence-corrected chi connectivity index (χ0v) is 14.4. The van der Waals surface area contributed by atoms with Crippen LogP contribution in [0.15, 0.2) is 65.6 Å². The molecule has 0 saturated heterocycles. The topological polar surface area (TPSA) is 72.8 Å². The van der Waals surface area contributed by atoms with Crippen molar-refractivity contribution < 1.29 is 13.5 Å². The van der Waals surface area contributed by atoms with E-state index in [-0.39, 0.29) is 17.1 Å². The molecule has 2 aromatic carbocycles. The smallest absolute Gasteiger partial charge is 0.387 e. The van der Waals surface area contributed by atoms with Crippen molar-refractivity contribution in [3.63, 3.8) is 0 Å². The first-order valence-electron chi connectivity index (χ1n) is 8.37. The van der Waals surface area contributed by atoms with Gasteiger partial charge in [-0.25, -0.2) is 9.67 Å². The van der Waals surface area contributed by atoms with Gasteiger partial charge in [0.25, 0.3) is 5.56 Å². The predicted molar refractivity (Wildman–Crippen MR) is 101 cm³/mol. The standard InChI is InChI=1S/C20H14F2N4O2/c21-20(22)28-16-9-5-4-6-13(16)10-11-17-24-18-15(19(27)25-17)12-23-26(18)14-7-2-1-3-8-14/h1-12,20H,(H,24,25,27)/b11-10+. The van der Waals surface area contributed by atoms with E-state index in [4.69, 9.17) is 0 Å². The van der Waals surface area contributed by atoms with Crippen molar-refractivity contribution >= 4 is 23.2 Å². The minimum Gasteiger partial charge on any atom is -0.434 e. The molecule has 0 aliphatic heterocycles. The van der Waals surface area contributed by atoms with Gasteiger partial charge >= 0.3 is 6.61 Å². The summed E-state index contributed by atoms with van der Waals surface area (Å²) in [5.41, 5.74) is 1.25. The van der Waals surface area contributed by atoms with Crippen LogP contribution in [0.3, 0.4) is 0 Å². The zero-order chi connectivity index (χ0) is 19.5. The van der Waals surface area contributed by atoms with Gasteiger partial charge in [-0.2, -0.15) is 13.9 Å². The fourth-order valence-corrected chi connectivity index (χ4v) is 2.76. The fourth-order valence-electron chi connectivity index (χ4n) is 2.76. The zero-order valence-electron chi connectivity index (χ0n) is 14.4. The third-order valence-corrected chi connectivity index (χ3v) is 4.01. The molecule has 0 atom stereocenters. The van der Waals surface area contributed by atoms with Crippen molar-refractivity contribution in [3.05, 3.63) is 82.5 Å². The third-order valence-electron chi connectivity index (χ3n) is 4.01. The van der Waals surface area contributed by atoms with Crippen LogP contribution in [0.25, 0.3) is 28.9 Å². The lowest BCUT2D eigenvalue weighted by atomic mass is 10.2. The van der Waals surface area contributed by atoms with Gasteiger partial charge in [0.2, 0.25) is 0 Å². The van der Waals surface area contributed by atoms with Gasteiger partial charge in [0.05, 0.1) is 11.9 Å². The van der Waals surface area contributed by atoms with Crippen molar-refractivity contribution in [3.8, 4) is 11.4 Å². The van der Waals surface area contributed by atoms with Gasteiger partial charge in [0.1, 0.15) is 17.0 Å². The highest BCUT2D eigenvalue weighted by molar-refractivity contribution is 5.77. The van der Waals surface area contributed by atoms with Crippen LogP contribution in [-0.4, -0.2) is 26.4 Å². The van der Waals surface area contributed by atoms with Gasteiger partial charge in [-0.15, -0.1) is 0 Å². The Labute approximate surface area is 157 Å². The Balaban J connectivity index is 1.75. The van der Waals surface area contributed by atoms with Gasteiger partial charge in [-0.1, -0.05) is 36.4 Å². The van der Waals surface area contributed by atoms with E-state index in [0.717, 1.165) is 5.69 Å². The first-order valence-corrected chi connectivity index (χ1v) is 8.37. The number of H-pyrrole nitrogens is 1. The van der Waals surface area contributed by atoms with Gasteiger partial charge in [0, 0.05) is 5.56 Å². The molecule has 2 heterocycles. The number of alkyl halides is 2. The molecular formula is C20H14F2N4O2. The van der Waals surface area contributed by atoms with Crippen LogP contribution in [0.2, 0.25) is 0 Å². The number of nitrogens with one attached hydrogen (secondary N) is 1. The van der Waals surface area contributed by atoms with Crippen LogP contribution in [0.4, 0.5) is 8.78 Å². The fraction of sp³-hybridized carbons (Fsp3) is 0.0500. The predicted octanol–water partition coefficient (Wildman–Crippen LogP) is 3.88. The van der Waals surface area contributed by atoms with E-state index >= 15 is 0 Å². The van der Waals surface area contributed by atoms with E-state index in [1.165, 1.54) is 18.3 Å². The minimum absolute atomic E-state index is 0.0338. The van der Waals surface area contributed by atoms with E-state index in [1.54, 1.807) is 29.0 Å². The molecule has 140 valence electrons. The first-order chi connectivity index (χ1) is 13.6. The molecule has 0 bridgehead atoms. The van der Waals surface area contributed by atoms with Gasteiger partial charge in [-0.3, -0.25) is 4.79 Å². The van der Waals surface area contributed by atoms with E-state index < -0.39 is 6.61 Å². The van der Waals surface area contributed by atoms with E-state index in [9.17, 15) is 13.6 Å². The van der Waals surface area contributed by atoms with Crippen molar-refractivity contribution in [1.29, 1.82) is 0 Å². The summed E-state index contributed by atoms with van der Waals surface area (Å²) in [5, 5.41) is 4.59. The Morgan fingerprint density at radius 1 is 1.04 bits per heavy atom. The SMILES string of the molecule is O=c1[nH]c(/C=C/c2ccccc2OC(F)F)nc2c1cnn2-c1ccccc1. The van der Waals surface area contributed by atoms with Crippen LogP contribution < -0.4 is 10.3 Å². The number of halogens is 2. The summed E-state index contributed by atoms with van der Waals surface area (Å²) in [7, 11) is 0. The maximum Gasteiger partial charge on any atom is 0.387 e. The Kier molecular flexibility index (Phi) is 4.67. The van der Waals surface area contributed by atoms with Crippen LogP contribution in [-0.2, 0) is 0 Å². The summed E-state index contributed by atoms with van der Waals surface area (Å²) in [6.45, 7) is -2.93. The number of aromatic amines is 1. The molecule has 0 saturated carbocycles. The Morgan fingerprint density at radius 3 is 2.57 bits per heavy atom. The van der Waals surface area contributed by atoms with Crippen LogP contribution in [0.5, 0.6) is 5.75 Å². The number of rotatable bonds is 5. The summed E-state index contributed by atoms with van der Waals surface area (Å²) >= 11 is 0. The maximum atomic E-state index is 12.5. The average molecular weight is 380 g/mol. The van der Waals surface area contributed by atoms with Crippen molar-refractivity contribution in [2.45, 2.75) is 6.61 Å². The highest BCUT2D eigenvalue weighted by Crippen LogP contribution is 2.22. The largest absolute Gasteiger partial charge is 0.434 e. The Hall–Kier alpha value is -3.81. The molecule has 0 radical (unpaired) electrons. The second kappa shape index (κ2) is 7.43. The lowest BCUT2D eigenvalue weighted by Gasteiger charge is -2.07. The molecular weight excluding hydrogens is 366 g/mol. The molecule has 8 heteroatoms. The molecule has 28 heavy (non-hydrogen) atoms. The molecule has 2 aromatic heterocycles. The van der Waals surface area contributed by atoms with Crippen LogP contribution in [0.1, 0.15) is 11.4 Å². The normalized spacial score (nSPS) is 11.5. The summed E-state index contributed by atoms with van der Waals surface area (Å²) < 4.78 is 31.2. The van der Waals surface area contributed by atoms with Crippen molar-refractivity contribution in [2.75, 3.05) is 0 Å². The monoisotopic (exact) mass is 380 g/mol. The number of hydrogen-bond acceptors (Lipinski definition) is 4. The number of hydrogen-bond donors (Lipinski definition) is 1. The summed E-state index contributed by atoms with van der Waals surface area (Å²) in [4.78, 5) is 19.5. The third kappa shape index (κ3) is 3.52. The Bertz CT molecular complexity index is 1200. The van der Waals surface area contributed by atoms with Crippen LogP contribution in [0, 0.1) is 0 Å². The number of benzene rings is 2. The number of ether oxygens (including phenoxy) is 1. The highest BCUT2D eigenvalue weighted by Gasteiger charge is 2.11. The molecule has 4 rings (SSSR count). The maximum absolute atomic E-state index is 12.5. The van der Waals surface area contributed by atoms with E-state index in [0.29, 0.717) is 16.6 Å². The van der Waals surface area contributed by atoms with Gasteiger partial charge in [-0.05, 0) is 30.4 Å². The minimum atomic E-state index is -2.93. The molecule has 1 N–H and O–H groups in total. The van der Waals surface area contributed by atoms with E-state index in [1.807, 2.05) is 30.3 Å². The number of nitrogens with zero attached hydrogens (tertiary/aromatic N) is 3. The van der Waals surface area contributed by atoms with Crippen molar-refractivity contribution in [1.82, 2.24) is 19.7 Å². The van der Waals surface area contributed by atoms with Gasteiger partial charge < -0.3 is 9.72 Å². The number of para-hydroxylation sites is 2. The second-order valence-corrected chi connectivity index (χ2v) is 5.83. The van der Waals surface area contributed by atoms with Crippen LogP contribution >= 0.6 is 0 Å². The molecule has 0 aliphatic carbocycles. The number of aromatic nitrogens is 4. The van der Waals surface area contributed by atoms with Crippen molar-refractivity contribution in [2.24, 2.45) is 0 Å². The molecule has 6 nitrogen and oxygen atoms in total. The lowest BCUT2D eigenvalue weighted by Crippen LogP contribution is -2.10. The van der Waals surface area contributed by atoms with Gasteiger partial charge in [0.15, 0.2) is 5.65 Å². The highest BCUT2D eigenvalue weighted by atomic mass is 19.3. The summed E-state index contributed by atoms with van der Waals surface area (Å²) in [5.74, 6) is 0.300. The summed E-state index contributed by atoms with van der Waals surface area (Å²) in [6.07, 6.45) is 4.52. The second-order valence-electron chi connectivity index (χ2n) is 5.83. The van der Waals surface area contributed by atoms with E-state index in [2.05, 4.69) is 19.8 Å². The number of fused-ring (bicyclic) bond motifs is 1. The lowest BCUT2D eigenvalue weighted by molar-refractivity contribution is -0.0499. The molecule has 0 amide bonds. The molecule has 4 aromatic rings. The Morgan fingerprint density at radius 2 is 1.79 bits per heavy atom. The molecule has 0 spiro atoms. The average Bonchev–Trinajstić information content (AvgIpc) is 3.12.